The molecule has 1 unspecified atom stereocenters. The molecule has 0 saturated carbocycles. The van der Waals surface area contributed by atoms with Crippen LogP contribution in [0.1, 0.15) is 82.2 Å². The number of carbonyl (C=O) groups excluding carboxylic acids is 3. The third-order valence-electron chi connectivity index (χ3n) is 9.45. The predicted octanol–water partition coefficient (Wildman–Crippen LogP) is 0.296. The van der Waals surface area contributed by atoms with Crippen LogP contribution in [0.15, 0.2) is 24.3 Å². The van der Waals surface area contributed by atoms with Gasteiger partial charge in [0.05, 0.1) is 41.6 Å². The van der Waals surface area contributed by atoms with Gasteiger partial charge in [-0.1, -0.05) is 24.3 Å². The fourth-order valence-electron chi connectivity index (χ4n) is 7.00. The van der Waals surface area contributed by atoms with E-state index < -0.39 is 120 Å². The van der Waals surface area contributed by atoms with Crippen LogP contribution < -0.4 is 5.73 Å². The van der Waals surface area contributed by atoms with E-state index in [1.54, 1.807) is 26.0 Å². The number of halogens is 1. The molecule has 2 aromatic rings. The standard InChI is InChI=1S/C32H37NO13.ClH/c1-12-26(37)17(33)7-21(43-12)46-31-13(2)44-22(8-18(31)35)45-19-10-32(42,20(36)11-34)9-16-23(19)30(41)25-24(29(16)40)27(38)14-5-3-4-6-15(14)28(25)39;/h3-6,12-13,17-19,21-22,26,31,34-35,37,40-42H,7-11,33H2,1-2H3;1H/t12-,13-,17-,18-,19-,21-,22?,26+,31+,32-;/m0./s1. The molecule has 8 N–H and O–H groups in total. The highest BCUT2D eigenvalue weighted by atomic mass is 35.5. The quantitative estimate of drug-likeness (QED) is 0.174. The van der Waals surface area contributed by atoms with E-state index in [0.29, 0.717) is 0 Å². The molecule has 14 nitrogen and oxygen atoms in total. The van der Waals surface area contributed by atoms with Crippen LogP contribution >= 0.6 is 12.4 Å². The molecule has 0 radical (unpaired) electrons. The van der Waals surface area contributed by atoms with E-state index in [1.807, 2.05) is 0 Å². The Balaban J connectivity index is 0.00000433. The molecule has 2 aliphatic heterocycles. The van der Waals surface area contributed by atoms with E-state index in [0.717, 1.165) is 0 Å². The van der Waals surface area contributed by atoms with E-state index in [4.69, 9.17) is 24.7 Å². The second kappa shape index (κ2) is 13.1. The van der Waals surface area contributed by atoms with Gasteiger partial charge in [0.1, 0.15) is 29.8 Å². The number of rotatable bonds is 6. The molecule has 2 heterocycles. The van der Waals surface area contributed by atoms with Gasteiger partial charge in [-0.2, -0.15) is 0 Å². The summed E-state index contributed by atoms with van der Waals surface area (Å²) in [5.41, 5.74) is 2.51. The van der Waals surface area contributed by atoms with Crippen LogP contribution in [0.3, 0.4) is 0 Å². The topological polar surface area (TPSA) is 236 Å². The number of ether oxygens (including phenoxy) is 4. The van der Waals surface area contributed by atoms with Gasteiger partial charge in [0.2, 0.25) is 0 Å². The second-order valence-electron chi connectivity index (χ2n) is 12.5. The SMILES string of the molecule is C[C@@H]1O[C@@H](O[C@@H]2[C@H](C)OC(O[C@H]3C[C@](O)(C(=O)CO)Cc4c(O)c5c(c(O)c43)C(=O)c3ccccc3C5=O)C[C@@H]2O)C[C@H](N)[C@@H]1O.Cl. The predicted molar refractivity (Wildman–Crippen MR) is 162 cm³/mol. The van der Waals surface area contributed by atoms with Crippen molar-refractivity contribution in [2.75, 3.05) is 6.61 Å². The molecule has 4 aliphatic rings. The fourth-order valence-corrected chi connectivity index (χ4v) is 7.00. The Morgan fingerprint density at radius 2 is 1.53 bits per heavy atom. The lowest BCUT2D eigenvalue weighted by atomic mass is 9.72. The summed E-state index contributed by atoms with van der Waals surface area (Å²) in [7, 11) is 0. The number of fused-ring (bicyclic) bond motifs is 3. The number of hydrogen-bond donors (Lipinski definition) is 7. The van der Waals surface area contributed by atoms with Crippen molar-refractivity contribution in [3.05, 3.63) is 57.6 Å². The Morgan fingerprint density at radius 3 is 2.11 bits per heavy atom. The van der Waals surface area contributed by atoms with Crippen LogP contribution in [-0.2, 0) is 30.2 Å². The van der Waals surface area contributed by atoms with E-state index in [2.05, 4.69) is 0 Å². The summed E-state index contributed by atoms with van der Waals surface area (Å²) in [5.74, 6) is -3.80. The zero-order chi connectivity index (χ0) is 33.2. The maximum atomic E-state index is 13.5. The highest BCUT2D eigenvalue weighted by Crippen LogP contribution is 2.52. The van der Waals surface area contributed by atoms with E-state index in [-0.39, 0.29) is 47.5 Å². The second-order valence-corrected chi connectivity index (χ2v) is 12.5. The van der Waals surface area contributed by atoms with Crippen molar-refractivity contribution in [1.82, 2.24) is 0 Å². The lowest BCUT2D eigenvalue weighted by Gasteiger charge is -2.44. The first-order chi connectivity index (χ1) is 21.7. The Hall–Kier alpha value is -3.02. The molecule has 0 aromatic heterocycles. The van der Waals surface area contributed by atoms with Crippen molar-refractivity contribution in [3.63, 3.8) is 0 Å². The minimum absolute atomic E-state index is 0. The van der Waals surface area contributed by atoms with Crippen molar-refractivity contribution in [1.29, 1.82) is 0 Å². The molecule has 0 spiro atoms. The Morgan fingerprint density at radius 1 is 0.957 bits per heavy atom. The molecule has 2 aromatic carbocycles. The summed E-state index contributed by atoms with van der Waals surface area (Å²) in [4.78, 5) is 39.7. The van der Waals surface area contributed by atoms with Crippen LogP contribution in [0.25, 0.3) is 0 Å². The largest absolute Gasteiger partial charge is 0.507 e. The molecule has 0 bridgehead atoms. The normalized spacial score (nSPS) is 34.9. The average Bonchev–Trinajstić information content (AvgIpc) is 3.01. The Labute approximate surface area is 275 Å². The van der Waals surface area contributed by atoms with Gasteiger partial charge in [-0.05, 0) is 13.8 Å². The zero-order valence-electron chi connectivity index (χ0n) is 25.6. The van der Waals surface area contributed by atoms with Gasteiger partial charge in [-0.25, -0.2) is 0 Å². The minimum Gasteiger partial charge on any atom is -0.507 e. The highest BCUT2D eigenvalue weighted by molar-refractivity contribution is 6.30. The van der Waals surface area contributed by atoms with Gasteiger partial charge in [0.25, 0.3) is 0 Å². The molecule has 10 atom stereocenters. The molecule has 6 rings (SSSR count). The maximum Gasteiger partial charge on any atom is 0.198 e. The summed E-state index contributed by atoms with van der Waals surface area (Å²) in [6.07, 6.45) is -8.83. The van der Waals surface area contributed by atoms with Crippen LogP contribution in [0.4, 0.5) is 0 Å². The number of Topliss-reactive ketones (excluding diaryl/α,β-unsaturated/α-hetero) is 1. The smallest absolute Gasteiger partial charge is 0.198 e. The third kappa shape index (κ3) is 5.97. The van der Waals surface area contributed by atoms with Crippen LogP contribution in [0, 0.1) is 0 Å². The molecule has 2 aliphatic carbocycles. The van der Waals surface area contributed by atoms with E-state index >= 15 is 0 Å². The third-order valence-corrected chi connectivity index (χ3v) is 9.45. The van der Waals surface area contributed by atoms with Gasteiger partial charge < -0.3 is 55.3 Å². The number of aromatic hydroxyl groups is 2. The highest BCUT2D eigenvalue weighted by Gasteiger charge is 2.50. The molecule has 0 amide bonds. The zero-order valence-corrected chi connectivity index (χ0v) is 26.4. The molecular weight excluding hydrogens is 642 g/mol. The molecular formula is C32H38ClNO13. The number of ketones is 3. The summed E-state index contributed by atoms with van der Waals surface area (Å²) in [6.45, 7) is 2.23. The minimum atomic E-state index is -2.28. The van der Waals surface area contributed by atoms with Crippen molar-refractivity contribution >= 4 is 29.8 Å². The maximum absolute atomic E-state index is 13.5. The fraction of sp³-hybridized carbons (Fsp3) is 0.531. The van der Waals surface area contributed by atoms with Crippen molar-refractivity contribution in [2.45, 2.75) is 100 Å². The number of aliphatic hydroxyl groups excluding tert-OH is 3. The lowest BCUT2D eigenvalue weighted by Crippen LogP contribution is -2.56. The first-order valence-corrected chi connectivity index (χ1v) is 15.1. The lowest BCUT2D eigenvalue weighted by molar-refractivity contribution is -0.311. The van der Waals surface area contributed by atoms with Gasteiger partial charge >= 0.3 is 0 Å². The molecule has 47 heavy (non-hydrogen) atoms. The van der Waals surface area contributed by atoms with Gasteiger partial charge in [-0.15, -0.1) is 12.4 Å². The Kier molecular flexibility index (Phi) is 9.85. The number of aliphatic hydroxyl groups is 4. The molecule has 2 fully saturated rings. The number of carbonyl (C=O) groups is 3. The van der Waals surface area contributed by atoms with Crippen molar-refractivity contribution in [2.24, 2.45) is 5.73 Å². The summed E-state index contributed by atoms with van der Waals surface area (Å²) >= 11 is 0. The van der Waals surface area contributed by atoms with Crippen LogP contribution in [0.2, 0.25) is 0 Å². The van der Waals surface area contributed by atoms with Crippen molar-refractivity contribution in [3.8, 4) is 11.5 Å². The number of phenols is 2. The van der Waals surface area contributed by atoms with Crippen molar-refractivity contribution < 1.29 is 64.0 Å². The van der Waals surface area contributed by atoms with Gasteiger partial charge in [0, 0.05) is 54.0 Å². The number of hydrogen-bond acceptors (Lipinski definition) is 14. The number of nitrogens with two attached hydrogens (primary N) is 1. The average molecular weight is 680 g/mol. The van der Waals surface area contributed by atoms with Crippen LogP contribution in [-0.4, -0.2) is 109 Å². The monoisotopic (exact) mass is 679 g/mol. The number of phenolic OH excluding ortho intramolecular Hbond substituents is 2. The molecule has 15 heteroatoms. The molecule has 256 valence electrons. The van der Waals surface area contributed by atoms with Crippen LogP contribution in [0.5, 0.6) is 11.5 Å². The number of benzene rings is 2. The van der Waals surface area contributed by atoms with Gasteiger partial charge in [0.15, 0.2) is 29.9 Å². The molecule has 2 saturated heterocycles. The first-order valence-electron chi connectivity index (χ1n) is 15.1. The summed E-state index contributed by atoms with van der Waals surface area (Å²) < 4.78 is 23.8. The Bertz CT molecular complexity index is 1560. The van der Waals surface area contributed by atoms with E-state index in [9.17, 15) is 45.0 Å². The van der Waals surface area contributed by atoms with E-state index in [1.165, 1.54) is 12.1 Å². The summed E-state index contributed by atoms with van der Waals surface area (Å²) in [6, 6.07) is 5.34. The first kappa shape index (κ1) is 35.3. The van der Waals surface area contributed by atoms with Gasteiger partial charge in [-0.3, -0.25) is 14.4 Å². The summed E-state index contributed by atoms with van der Waals surface area (Å²) in [5, 5.41) is 65.1.